The molecule has 1 radical (unpaired) electrons. The van der Waals surface area contributed by atoms with Crippen LogP contribution in [0.4, 0.5) is 0 Å². The van der Waals surface area contributed by atoms with Crippen molar-refractivity contribution in [3.8, 4) is 11.5 Å². The van der Waals surface area contributed by atoms with Gasteiger partial charge in [0.15, 0.2) is 17.8 Å². The molecule has 2 aromatic rings. The van der Waals surface area contributed by atoms with E-state index in [0.29, 0.717) is 23.2 Å². The third kappa shape index (κ3) is 1.12. The van der Waals surface area contributed by atoms with E-state index >= 15 is 0 Å². The van der Waals surface area contributed by atoms with Gasteiger partial charge in [-0.15, -0.1) is 0 Å². The first-order valence-electron chi connectivity index (χ1n) is 4.02. The summed E-state index contributed by atoms with van der Waals surface area (Å²) in [5, 5.41) is 10.2. The van der Waals surface area contributed by atoms with Crippen molar-refractivity contribution in [2.24, 2.45) is 0 Å². The summed E-state index contributed by atoms with van der Waals surface area (Å²) in [5.74, 6) is 0.231. The van der Waals surface area contributed by atoms with E-state index in [0.717, 1.165) is 5.39 Å². The monoisotopic (exact) mass is 190 g/mol. The normalized spacial score (nSPS) is 10.4. The van der Waals surface area contributed by atoms with Crippen LogP contribution in [0.2, 0.25) is 0 Å². The topological polar surface area (TPSA) is 62.3 Å². The number of rotatable bonds is 2. The highest BCUT2D eigenvalue weighted by atomic mass is 16.5. The predicted octanol–water partition coefficient (Wildman–Crippen LogP) is 1.49. The third-order valence-corrected chi connectivity index (χ3v) is 2.01. The zero-order valence-corrected chi connectivity index (χ0v) is 7.50. The number of carbonyl (C=O) groups excluding carboxylic acids is 1. The molecule has 0 amide bonds. The quantitative estimate of drug-likeness (QED) is 0.705. The minimum atomic E-state index is -0.0701. The molecule has 1 aromatic heterocycles. The molecule has 0 fully saturated rings. The van der Waals surface area contributed by atoms with Crippen LogP contribution in [0.25, 0.3) is 10.9 Å². The van der Waals surface area contributed by atoms with E-state index in [-0.39, 0.29) is 5.75 Å². The fourth-order valence-corrected chi connectivity index (χ4v) is 1.39. The van der Waals surface area contributed by atoms with E-state index in [2.05, 4.69) is 11.1 Å². The van der Waals surface area contributed by atoms with Crippen LogP contribution in [0.3, 0.4) is 0 Å². The molecule has 2 rings (SSSR count). The summed E-state index contributed by atoms with van der Waals surface area (Å²) in [7, 11) is 1.45. The first-order chi connectivity index (χ1) is 6.76. The standard InChI is InChI=1S/C10H8NO3/c1-14-10-8(13)3-2-6-4-7(5-12)11-9(6)10/h2,4-5,11,13H,1H3. The molecule has 1 aromatic carbocycles. The van der Waals surface area contributed by atoms with Gasteiger partial charge in [0.25, 0.3) is 0 Å². The van der Waals surface area contributed by atoms with E-state index in [9.17, 15) is 9.90 Å². The largest absolute Gasteiger partial charge is 0.504 e. The van der Waals surface area contributed by atoms with Crippen molar-refractivity contribution >= 4 is 17.2 Å². The zero-order valence-electron chi connectivity index (χ0n) is 7.50. The highest BCUT2D eigenvalue weighted by molar-refractivity contribution is 5.92. The third-order valence-electron chi connectivity index (χ3n) is 2.01. The van der Waals surface area contributed by atoms with Crippen LogP contribution in [-0.2, 0) is 0 Å². The lowest BCUT2D eigenvalue weighted by Crippen LogP contribution is -1.85. The average Bonchev–Trinajstić information content (AvgIpc) is 2.60. The number of aromatic hydroxyl groups is 1. The maximum atomic E-state index is 10.5. The van der Waals surface area contributed by atoms with E-state index in [1.54, 1.807) is 12.1 Å². The Morgan fingerprint density at radius 2 is 2.43 bits per heavy atom. The summed E-state index contributed by atoms with van der Waals surface area (Å²) in [5.41, 5.74) is 1.04. The van der Waals surface area contributed by atoms with Crippen LogP contribution in [0.15, 0.2) is 12.1 Å². The first kappa shape index (κ1) is 8.62. The van der Waals surface area contributed by atoms with Gasteiger partial charge in [-0.3, -0.25) is 4.79 Å². The molecule has 0 spiro atoms. The molecule has 2 N–H and O–H groups in total. The molecule has 4 nitrogen and oxygen atoms in total. The van der Waals surface area contributed by atoms with Gasteiger partial charge in [-0.05, 0) is 12.1 Å². The summed E-state index contributed by atoms with van der Waals surface area (Å²) in [6.45, 7) is 0. The summed E-state index contributed by atoms with van der Waals surface area (Å²) >= 11 is 0. The van der Waals surface area contributed by atoms with Crippen LogP contribution in [0.1, 0.15) is 10.5 Å². The van der Waals surface area contributed by atoms with Gasteiger partial charge < -0.3 is 14.8 Å². The van der Waals surface area contributed by atoms with Gasteiger partial charge >= 0.3 is 0 Å². The number of aromatic nitrogens is 1. The lowest BCUT2D eigenvalue weighted by Gasteiger charge is -2.02. The molecule has 0 bridgehead atoms. The fraction of sp³-hybridized carbons (Fsp3) is 0.100. The minimum Gasteiger partial charge on any atom is -0.504 e. The summed E-state index contributed by atoms with van der Waals surface area (Å²) in [4.78, 5) is 13.3. The van der Waals surface area contributed by atoms with Gasteiger partial charge in [-0.2, -0.15) is 0 Å². The maximum Gasteiger partial charge on any atom is 0.185 e. The molecule has 14 heavy (non-hydrogen) atoms. The van der Waals surface area contributed by atoms with Crippen molar-refractivity contribution in [3.05, 3.63) is 23.9 Å². The second kappa shape index (κ2) is 3.06. The van der Waals surface area contributed by atoms with Crippen molar-refractivity contribution in [3.63, 3.8) is 0 Å². The Bertz CT molecular complexity index is 487. The number of phenols is 1. The van der Waals surface area contributed by atoms with Crippen molar-refractivity contribution in [2.45, 2.75) is 0 Å². The smallest absolute Gasteiger partial charge is 0.185 e. The van der Waals surface area contributed by atoms with Crippen molar-refractivity contribution in [1.82, 2.24) is 4.98 Å². The Morgan fingerprint density at radius 3 is 3.07 bits per heavy atom. The highest BCUT2D eigenvalue weighted by Gasteiger charge is 2.09. The van der Waals surface area contributed by atoms with Gasteiger partial charge in [0.05, 0.1) is 18.3 Å². The average molecular weight is 190 g/mol. The molecule has 0 unspecified atom stereocenters. The Balaban J connectivity index is 2.79. The minimum absolute atomic E-state index is 0.0701. The molecule has 0 atom stereocenters. The number of hydrogen-bond donors (Lipinski definition) is 2. The van der Waals surface area contributed by atoms with E-state index in [1.165, 1.54) is 7.11 Å². The number of phenolic OH excluding ortho intramolecular Hbond substituents is 1. The van der Waals surface area contributed by atoms with E-state index < -0.39 is 0 Å². The summed E-state index contributed by atoms with van der Waals surface area (Å²) in [6, 6.07) is 5.89. The molecule has 0 saturated heterocycles. The molecular formula is C10H8NO3. The molecule has 0 aliphatic heterocycles. The van der Waals surface area contributed by atoms with E-state index in [1.807, 2.05) is 0 Å². The van der Waals surface area contributed by atoms with Gasteiger partial charge in [0.2, 0.25) is 0 Å². The van der Waals surface area contributed by atoms with Crippen LogP contribution in [0.5, 0.6) is 11.5 Å². The van der Waals surface area contributed by atoms with Gasteiger partial charge in [-0.25, -0.2) is 0 Å². The van der Waals surface area contributed by atoms with Crippen LogP contribution < -0.4 is 4.74 Å². The second-order valence-corrected chi connectivity index (χ2v) is 2.84. The summed E-state index contributed by atoms with van der Waals surface area (Å²) in [6.07, 6.45) is 0.705. The maximum absolute atomic E-state index is 10.5. The number of hydrogen-bond acceptors (Lipinski definition) is 3. The molecule has 0 saturated carbocycles. The number of aldehydes is 1. The molecule has 71 valence electrons. The molecule has 0 aliphatic carbocycles. The molecule has 1 heterocycles. The SMILES string of the molecule is COc1c(O)[c]cc2cc(C=O)[nH]c12. The number of ether oxygens (including phenoxy) is 1. The van der Waals surface area contributed by atoms with Crippen LogP contribution >= 0.6 is 0 Å². The van der Waals surface area contributed by atoms with Gasteiger partial charge in [0, 0.05) is 11.5 Å². The Labute approximate surface area is 80.1 Å². The zero-order chi connectivity index (χ0) is 10.1. The Kier molecular flexibility index (Phi) is 1.89. The fourth-order valence-electron chi connectivity index (χ4n) is 1.39. The molecule has 0 aliphatic rings. The lowest BCUT2D eigenvalue weighted by molar-refractivity contribution is 0.112. The number of H-pyrrole nitrogens is 1. The lowest BCUT2D eigenvalue weighted by atomic mass is 10.2. The van der Waals surface area contributed by atoms with Gasteiger partial charge in [0.1, 0.15) is 0 Å². The Hall–Kier alpha value is -1.97. The first-order valence-corrected chi connectivity index (χ1v) is 4.02. The van der Waals surface area contributed by atoms with Crippen LogP contribution in [0, 0.1) is 6.07 Å². The molecular weight excluding hydrogens is 182 g/mol. The van der Waals surface area contributed by atoms with Crippen molar-refractivity contribution in [1.29, 1.82) is 0 Å². The number of methoxy groups -OCH3 is 1. The van der Waals surface area contributed by atoms with Crippen LogP contribution in [-0.4, -0.2) is 23.5 Å². The Morgan fingerprint density at radius 1 is 1.64 bits per heavy atom. The van der Waals surface area contributed by atoms with Gasteiger partial charge in [-0.1, -0.05) is 0 Å². The number of aromatic amines is 1. The molecule has 4 heteroatoms. The number of carbonyl (C=O) groups is 1. The van der Waals surface area contributed by atoms with Crippen molar-refractivity contribution in [2.75, 3.05) is 7.11 Å². The van der Waals surface area contributed by atoms with E-state index in [4.69, 9.17) is 4.74 Å². The predicted molar refractivity (Wildman–Crippen MR) is 50.7 cm³/mol. The number of benzene rings is 1. The summed E-state index contributed by atoms with van der Waals surface area (Å²) < 4.78 is 4.99. The highest BCUT2D eigenvalue weighted by Crippen LogP contribution is 2.33. The number of fused-ring (bicyclic) bond motifs is 1. The number of nitrogens with one attached hydrogen (secondary N) is 1. The van der Waals surface area contributed by atoms with Crippen molar-refractivity contribution < 1.29 is 14.6 Å². The second-order valence-electron chi connectivity index (χ2n) is 2.84.